The maximum absolute atomic E-state index is 8.75. The molecule has 0 saturated heterocycles. The van der Waals surface area contributed by atoms with Crippen LogP contribution in [0.3, 0.4) is 0 Å². The van der Waals surface area contributed by atoms with Crippen molar-refractivity contribution in [1.29, 1.82) is 5.26 Å². The van der Waals surface area contributed by atoms with Gasteiger partial charge in [0.1, 0.15) is 6.07 Å². The molecule has 7 heteroatoms. The molecular formula is C8H7N5OS. The second kappa shape index (κ2) is 4.06. The van der Waals surface area contributed by atoms with Crippen molar-refractivity contribution in [2.24, 2.45) is 0 Å². The van der Waals surface area contributed by atoms with E-state index in [9.17, 15) is 0 Å². The van der Waals surface area contributed by atoms with Gasteiger partial charge in [0, 0.05) is 12.3 Å². The highest BCUT2D eigenvalue weighted by Crippen LogP contribution is 2.16. The van der Waals surface area contributed by atoms with Crippen molar-refractivity contribution >= 4 is 17.4 Å². The van der Waals surface area contributed by atoms with E-state index in [1.54, 1.807) is 6.92 Å². The first kappa shape index (κ1) is 9.61. The minimum atomic E-state index is 0.260. The molecule has 0 aliphatic heterocycles. The summed E-state index contributed by atoms with van der Waals surface area (Å²) in [6, 6.07) is 1.95. The van der Waals surface area contributed by atoms with Crippen LogP contribution in [-0.4, -0.2) is 14.6 Å². The van der Waals surface area contributed by atoms with Crippen molar-refractivity contribution in [3.8, 4) is 6.07 Å². The van der Waals surface area contributed by atoms with Gasteiger partial charge >= 0.3 is 0 Å². The van der Waals surface area contributed by atoms with Crippen LogP contribution < -0.4 is 5.32 Å². The third-order valence-electron chi connectivity index (χ3n) is 1.68. The molecule has 15 heavy (non-hydrogen) atoms. The molecule has 1 N–H and O–H groups in total. The van der Waals surface area contributed by atoms with Gasteiger partial charge in [-0.3, -0.25) is 0 Å². The largest absolute Gasteiger partial charge is 0.424 e. The van der Waals surface area contributed by atoms with Gasteiger partial charge in [-0.2, -0.15) is 5.26 Å². The fourth-order valence-corrected chi connectivity index (χ4v) is 1.51. The molecule has 2 rings (SSSR count). The zero-order valence-electron chi connectivity index (χ0n) is 7.89. The average Bonchev–Trinajstić information content (AvgIpc) is 2.83. The van der Waals surface area contributed by atoms with Crippen LogP contribution in [0.5, 0.6) is 0 Å². The van der Waals surface area contributed by atoms with Gasteiger partial charge in [-0.05, 0) is 11.5 Å². The Morgan fingerprint density at radius 2 is 2.53 bits per heavy atom. The fraction of sp³-hybridized carbons (Fsp3) is 0.250. The van der Waals surface area contributed by atoms with Crippen molar-refractivity contribution in [3.05, 3.63) is 22.7 Å². The Hall–Kier alpha value is -1.94. The van der Waals surface area contributed by atoms with Crippen molar-refractivity contribution in [1.82, 2.24) is 14.6 Å². The van der Waals surface area contributed by atoms with Crippen LogP contribution in [0.15, 0.2) is 9.80 Å². The molecule has 76 valence electrons. The summed E-state index contributed by atoms with van der Waals surface area (Å²) in [5.74, 6) is 0.841. The summed E-state index contributed by atoms with van der Waals surface area (Å²) in [5.41, 5.74) is 1.06. The second-order valence-electron chi connectivity index (χ2n) is 2.77. The highest BCUT2D eigenvalue weighted by molar-refractivity contribution is 7.03. The lowest BCUT2D eigenvalue weighted by atomic mass is 10.4. The highest BCUT2D eigenvalue weighted by atomic mass is 32.1. The van der Waals surface area contributed by atoms with Crippen molar-refractivity contribution in [3.63, 3.8) is 0 Å². The third kappa shape index (κ3) is 2.11. The van der Waals surface area contributed by atoms with Gasteiger partial charge < -0.3 is 9.73 Å². The van der Waals surface area contributed by atoms with Crippen LogP contribution in [-0.2, 0) is 6.54 Å². The molecule has 0 aliphatic rings. The molecular weight excluding hydrogens is 214 g/mol. The van der Waals surface area contributed by atoms with Gasteiger partial charge in [-0.1, -0.05) is 4.49 Å². The molecule has 0 spiro atoms. The summed E-state index contributed by atoms with van der Waals surface area (Å²) in [6.45, 7) is 2.16. The molecule has 0 unspecified atom stereocenters. The number of hydrogen-bond donors (Lipinski definition) is 1. The quantitative estimate of drug-likeness (QED) is 0.840. The normalized spacial score (nSPS) is 9.87. The Labute approximate surface area is 89.7 Å². The Bertz CT molecular complexity index is 484. The molecule has 0 bridgehead atoms. The van der Waals surface area contributed by atoms with Crippen molar-refractivity contribution in [2.75, 3.05) is 5.32 Å². The minimum absolute atomic E-state index is 0.260. The monoisotopic (exact) mass is 221 g/mol. The lowest BCUT2D eigenvalue weighted by Gasteiger charge is -1.97. The van der Waals surface area contributed by atoms with E-state index in [4.69, 9.17) is 9.68 Å². The predicted octanol–water partition coefficient (Wildman–Crippen LogP) is 1.32. The number of aromatic nitrogens is 3. The third-order valence-corrected chi connectivity index (χ3v) is 2.23. The molecule has 6 nitrogen and oxygen atoms in total. The number of nitriles is 1. The number of hydrogen-bond acceptors (Lipinski definition) is 7. The zero-order chi connectivity index (χ0) is 10.7. The van der Waals surface area contributed by atoms with E-state index in [1.807, 2.05) is 11.4 Å². The van der Waals surface area contributed by atoms with E-state index in [0.29, 0.717) is 18.3 Å². The first-order valence-corrected chi connectivity index (χ1v) is 5.00. The second-order valence-corrected chi connectivity index (χ2v) is 3.38. The van der Waals surface area contributed by atoms with E-state index < -0.39 is 0 Å². The smallest absolute Gasteiger partial charge is 0.232 e. The Morgan fingerprint density at radius 3 is 3.20 bits per heavy atom. The topological polar surface area (TPSA) is 87.6 Å². The summed E-state index contributed by atoms with van der Waals surface area (Å²) in [6.07, 6.45) is 0. The summed E-state index contributed by atoms with van der Waals surface area (Å²) in [5, 5.41) is 17.4. The van der Waals surface area contributed by atoms with E-state index in [2.05, 4.69) is 19.9 Å². The van der Waals surface area contributed by atoms with Gasteiger partial charge in [-0.15, -0.1) is 5.10 Å². The highest BCUT2D eigenvalue weighted by Gasteiger charge is 2.09. The number of oxazole rings is 1. The van der Waals surface area contributed by atoms with Gasteiger partial charge in [0.05, 0.1) is 12.2 Å². The van der Waals surface area contributed by atoms with E-state index in [-0.39, 0.29) is 5.69 Å². The number of anilines is 1. The lowest BCUT2D eigenvalue weighted by molar-refractivity contribution is 0.532. The summed E-state index contributed by atoms with van der Waals surface area (Å²) in [4.78, 5) is 3.91. The van der Waals surface area contributed by atoms with Gasteiger partial charge in [-0.25, -0.2) is 4.98 Å². The summed E-state index contributed by atoms with van der Waals surface area (Å²) >= 11 is 1.28. The maximum Gasteiger partial charge on any atom is 0.232 e. The van der Waals surface area contributed by atoms with Crippen LogP contribution in [0.4, 0.5) is 5.88 Å². The molecule has 2 heterocycles. The number of aryl methyl sites for hydroxylation is 1. The molecule has 0 atom stereocenters. The van der Waals surface area contributed by atoms with Gasteiger partial charge in [0.25, 0.3) is 0 Å². The van der Waals surface area contributed by atoms with Gasteiger partial charge in [0.15, 0.2) is 5.89 Å². The van der Waals surface area contributed by atoms with Gasteiger partial charge in [0.2, 0.25) is 11.6 Å². The van der Waals surface area contributed by atoms with E-state index in [0.717, 1.165) is 5.69 Å². The molecule has 0 amide bonds. The Morgan fingerprint density at radius 1 is 1.67 bits per heavy atom. The molecule has 0 aliphatic carbocycles. The molecule has 0 radical (unpaired) electrons. The Balaban J connectivity index is 2.08. The maximum atomic E-state index is 8.75. The van der Waals surface area contributed by atoms with Crippen LogP contribution in [0.2, 0.25) is 0 Å². The van der Waals surface area contributed by atoms with E-state index in [1.165, 1.54) is 11.5 Å². The fourth-order valence-electron chi connectivity index (χ4n) is 1.05. The molecule has 2 aromatic rings. The molecule has 0 fully saturated rings. The molecule has 2 aromatic heterocycles. The zero-order valence-corrected chi connectivity index (χ0v) is 8.71. The van der Waals surface area contributed by atoms with Crippen molar-refractivity contribution in [2.45, 2.75) is 13.5 Å². The van der Waals surface area contributed by atoms with Crippen LogP contribution >= 0.6 is 11.5 Å². The predicted molar refractivity (Wildman–Crippen MR) is 53.2 cm³/mol. The SMILES string of the molecule is Cc1nc(C#N)c(NCc2csnn2)o1. The van der Waals surface area contributed by atoms with Crippen molar-refractivity contribution < 1.29 is 4.42 Å². The standard InChI is InChI=1S/C8H7N5OS/c1-5-11-7(2-9)8(14-5)10-3-6-4-15-13-12-6/h4,10H,3H2,1H3. The minimum Gasteiger partial charge on any atom is -0.424 e. The van der Waals surface area contributed by atoms with Crippen LogP contribution in [0.1, 0.15) is 17.3 Å². The number of rotatable bonds is 3. The summed E-state index contributed by atoms with van der Waals surface area (Å²) < 4.78 is 8.94. The molecule has 0 aromatic carbocycles. The number of nitrogens with one attached hydrogen (secondary N) is 1. The lowest BCUT2D eigenvalue weighted by Crippen LogP contribution is -2.00. The van der Waals surface area contributed by atoms with Crippen LogP contribution in [0, 0.1) is 18.3 Å². The average molecular weight is 221 g/mol. The molecule has 0 saturated carbocycles. The number of nitrogens with zero attached hydrogens (tertiary/aromatic N) is 4. The summed E-state index contributed by atoms with van der Waals surface area (Å²) in [7, 11) is 0. The first-order chi connectivity index (χ1) is 7.29. The Kier molecular flexibility index (Phi) is 2.60. The van der Waals surface area contributed by atoms with E-state index >= 15 is 0 Å². The van der Waals surface area contributed by atoms with Crippen LogP contribution in [0.25, 0.3) is 0 Å². The first-order valence-electron chi connectivity index (χ1n) is 4.17.